The second kappa shape index (κ2) is 8.27. The summed E-state index contributed by atoms with van der Waals surface area (Å²) < 4.78 is 5.38. The number of aryl methyl sites for hydroxylation is 1. The van der Waals surface area contributed by atoms with Gasteiger partial charge in [-0.15, -0.1) is 0 Å². The van der Waals surface area contributed by atoms with E-state index < -0.39 is 5.97 Å². The number of carboxylic acids is 1. The molecule has 0 aliphatic carbocycles. The van der Waals surface area contributed by atoms with Crippen molar-refractivity contribution in [1.29, 1.82) is 0 Å². The minimum Gasteiger partial charge on any atom is -0.493 e. The molecule has 0 atom stereocenters. The number of rotatable bonds is 7. The van der Waals surface area contributed by atoms with Crippen LogP contribution in [0.4, 0.5) is 5.95 Å². The number of aromatic nitrogens is 3. The number of anilines is 1. The van der Waals surface area contributed by atoms with E-state index in [1.54, 1.807) is 30.5 Å². The largest absolute Gasteiger partial charge is 0.493 e. The molecule has 2 N–H and O–H groups in total. The third kappa shape index (κ3) is 4.58. The molecule has 0 fully saturated rings. The van der Waals surface area contributed by atoms with Gasteiger partial charge in [-0.25, -0.2) is 14.8 Å². The highest BCUT2D eigenvalue weighted by atomic mass is 16.5. The van der Waals surface area contributed by atoms with Crippen LogP contribution in [0.2, 0.25) is 0 Å². The van der Waals surface area contributed by atoms with E-state index in [9.17, 15) is 9.90 Å². The van der Waals surface area contributed by atoms with Crippen molar-refractivity contribution in [1.82, 2.24) is 15.0 Å². The second-order valence-electron chi connectivity index (χ2n) is 5.84. The predicted octanol–water partition coefficient (Wildman–Crippen LogP) is 3.56. The van der Waals surface area contributed by atoms with Gasteiger partial charge >= 0.3 is 5.97 Å². The summed E-state index contributed by atoms with van der Waals surface area (Å²) in [7, 11) is 0. The van der Waals surface area contributed by atoms with E-state index in [2.05, 4.69) is 20.3 Å². The van der Waals surface area contributed by atoms with Gasteiger partial charge in [0.15, 0.2) is 0 Å². The molecule has 3 rings (SSSR count). The van der Waals surface area contributed by atoms with Crippen LogP contribution < -0.4 is 10.1 Å². The van der Waals surface area contributed by atoms with Gasteiger partial charge in [0.1, 0.15) is 11.3 Å². The smallest absolute Gasteiger partial charge is 0.339 e. The average molecular weight is 364 g/mol. The van der Waals surface area contributed by atoms with E-state index in [0.29, 0.717) is 36.1 Å². The fraction of sp³-hybridized carbons (Fsp3) is 0.200. The van der Waals surface area contributed by atoms with Crippen LogP contribution in [0.5, 0.6) is 5.75 Å². The van der Waals surface area contributed by atoms with Crippen molar-refractivity contribution in [2.24, 2.45) is 0 Å². The van der Waals surface area contributed by atoms with Crippen molar-refractivity contribution in [3.8, 4) is 17.0 Å². The first-order valence-electron chi connectivity index (χ1n) is 8.57. The highest BCUT2D eigenvalue weighted by Gasteiger charge is 2.14. The summed E-state index contributed by atoms with van der Waals surface area (Å²) in [5.74, 6) is -0.258. The van der Waals surface area contributed by atoms with Gasteiger partial charge in [-0.3, -0.25) is 4.98 Å². The number of ether oxygens (including phenoxy) is 1. The van der Waals surface area contributed by atoms with E-state index in [1.165, 1.54) is 0 Å². The summed E-state index contributed by atoms with van der Waals surface area (Å²) in [6, 6.07) is 12.5. The minimum atomic E-state index is -1.04. The van der Waals surface area contributed by atoms with Gasteiger partial charge in [0, 0.05) is 17.5 Å². The lowest BCUT2D eigenvalue weighted by Crippen LogP contribution is -2.06. The topological polar surface area (TPSA) is 97.2 Å². The normalized spacial score (nSPS) is 10.4. The first-order chi connectivity index (χ1) is 13.1. The fourth-order valence-electron chi connectivity index (χ4n) is 2.61. The number of nitrogens with zero attached hydrogens (tertiary/aromatic N) is 3. The molecular formula is C20H20N4O3. The zero-order valence-electron chi connectivity index (χ0n) is 15.1. The molecule has 138 valence electrons. The van der Waals surface area contributed by atoms with Crippen LogP contribution >= 0.6 is 0 Å². The molecule has 0 saturated carbocycles. The molecular weight excluding hydrogens is 344 g/mol. The number of hydrogen-bond donors (Lipinski definition) is 2. The molecule has 0 aliphatic heterocycles. The lowest BCUT2D eigenvalue weighted by Gasteiger charge is -2.10. The van der Waals surface area contributed by atoms with Gasteiger partial charge < -0.3 is 15.2 Å². The van der Waals surface area contributed by atoms with Crippen LogP contribution in [0.15, 0.2) is 48.7 Å². The van der Waals surface area contributed by atoms with Crippen LogP contribution in [-0.2, 0) is 6.54 Å². The summed E-state index contributed by atoms with van der Waals surface area (Å²) in [6.07, 6.45) is 1.63. The van der Waals surface area contributed by atoms with Crippen molar-refractivity contribution in [2.75, 3.05) is 11.9 Å². The maximum Gasteiger partial charge on any atom is 0.339 e. The molecule has 0 aliphatic rings. The Morgan fingerprint density at radius 1 is 1.19 bits per heavy atom. The van der Waals surface area contributed by atoms with Gasteiger partial charge in [0.25, 0.3) is 0 Å². The number of nitrogens with one attached hydrogen (secondary N) is 1. The highest BCUT2D eigenvalue weighted by Crippen LogP contribution is 2.26. The Hall–Kier alpha value is -3.48. The first kappa shape index (κ1) is 18.3. The minimum absolute atomic E-state index is 0.103. The molecule has 0 saturated heterocycles. The fourth-order valence-corrected chi connectivity index (χ4v) is 2.61. The third-order valence-corrected chi connectivity index (χ3v) is 3.83. The van der Waals surface area contributed by atoms with Gasteiger partial charge in [0.05, 0.1) is 24.5 Å². The number of pyridine rings is 1. The van der Waals surface area contributed by atoms with Crippen molar-refractivity contribution < 1.29 is 14.6 Å². The van der Waals surface area contributed by atoms with E-state index in [-0.39, 0.29) is 5.56 Å². The van der Waals surface area contributed by atoms with Gasteiger partial charge in [0.2, 0.25) is 5.95 Å². The van der Waals surface area contributed by atoms with Crippen LogP contribution in [0.25, 0.3) is 11.3 Å². The maximum absolute atomic E-state index is 11.5. The third-order valence-electron chi connectivity index (χ3n) is 3.83. The Bertz CT molecular complexity index is 959. The van der Waals surface area contributed by atoms with Crippen LogP contribution in [-0.4, -0.2) is 32.6 Å². The van der Waals surface area contributed by atoms with E-state index in [4.69, 9.17) is 4.74 Å². The SMILES string of the molecule is CCOc1ccc(-c2ccnc(NCc3cccc(C)n3)n2)cc1C(=O)O. The van der Waals surface area contributed by atoms with Gasteiger partial charge in [-0.2, -0.15) is 0 Å². The highest BCUT2D eigenvalue weighted by molar-refractivity contribution is 5.92. The quantitative estimate of drug-likeness (QED) is 0.661. The lowest BCUT2D eigenvalue weighted by atomic mass is 10.1. The molecule has 27 heavy (non-hydrogen) atoms. The number of carboxylic acid groups (broad SMARTS) is 1. The number of carbonyl (C=O) groups is 1. The Labute approximate surface area is 157 Å². The molecule has 0 radical (unpaired) electrons. The molecule has 0 bridgehead atoms. The molecule has 1 aromatic carbocycles. The van der Waals surface area contributed by atoms with Crippen LogP contribution in [0.1, 0.15) is 28.7 Å². The van der Waals surface area contributed by atoms with Crippen molar-refractivity contribution in [3.05, 3.63) is 65.6 Å². The van der Waals surface area contributed by atoms with E-state index in [0.717, 1.165) is 11.4 Å². The van der Waals surface area contributed by atoms with Crippen LogP contribution in [0, 0.1) is 6.92 Å². The molecule has 7 heteroatoms. The maximum atomic E-state index is 11.5. The molecule has 2 heterocycles. The van der Waals surface area contributed by atoms with Gasteiger partial charge in [-0.05, 0) is 50.2 Å². The van der Waals surface area contributed by atoms with Gasteiger partial charge in [-0.1, -0.05) is 6.07 Å². The van der Waals surface area contributed by atoms with Crippen molar-refractivity contribution >= 4 is 11.9 Å². The number of aromatic carboxylic acids is 1. The molecule has 2 aromatic heterocycles. The Morgan fingerprint density at radius 2 is 2.04 bits per heavy atom. The molecule has 0 spiro atoms. The predicted molar refractivity (Wildman–Crippen MR) is 102 cm³/mol. The Kier molecular flexibility index (Phi) is 5.61. The molecule has 7 nitrogen and oxygen atoms in total. The van der Waals surface area contributed by atoms with Crippen LogP contribution in [0.3, 0.4) is 0 Å². The van der Waals surface area contributed by atoms with Crippen molar-refractivity contribution in [2.45, 2.75) is 20.4 Å². The average Bonchev–Trinajstić information content (AvgIpc) is 2.67. The van der Waals surface area contributed by atoms with Crippen molar-refractivity contribution in [3.63, 3.8) is 0 Å². The second-order valence-corrected chi connectivity index (χ2v) is 5.84. The van der Waals surface area contributed by atoms with E-state index >= 15 is 0 Å². The lowest BCUT2D eigenvalue weighted by molar-refractivity contribution is 0.0692. The first-order valence-corrected chi connectivity index (χ1v) is 8.57. The number of hydrogen-bond acceptors (Lipinski definition) is 6. The number of benzene rings is 1. The monoisotopic (exact) mass is 364 g/mol. The molecule has 0 unspecified atom stereocenters. The summed E-state index contributed by atoms with van der Waals surface area (Å²) in [5.41, 5.74) is 3.23. The molecule has 3 aromatic rings. The standard InChI is InChI=1S/C20H20N4O3/c1-3-27-18-8-7-14(11-16(18)19(25)26)17-9-10-21-20(24-17)22-12-15-6-4-5-13(2)23-15/h4-11H,3,12H2,1-2H3,(H,25,26)(H,21,22,24). The Morgan fingerprint density at radius 3 is 2.78 bits per heavy atom. The summed E-state index contributed by atoms with van der Waals surface area (Å²) >= 11 is 0. The summed E-state index contributed by atoms with van der Waals surface area (Å²) in [5, 5.41) is 12.6. The molecule has 0 amide bonds. The Balaban J connectivity index is 1.82. The van der Waals surface area contributed by atoms with E-state index in [1.807, 2.05) is 32.0 Å². The zero-order chi connectivity index (χ0) is 19.2. The zero-order valence-corrected chi connectivity index (χ0v) is 15.1. The summed E-state index contributed by atoms with van der Waals surface area (Å²) in [4.78, 5) is 24.6. The summed E-state index contributed by atoms with van der Waals surface area (Å²) in [6.45, 7) is 4.64.